The lowest BCUT2D eigenvalue weighted by Crippen LogP contribution is -1.98. The van der Waals surface area contributed by atoms with Crippen LogP contribution in [-0.4, -0.2) is 14.0 Å². The molecule has 3 aromatic rings. The molecule has 15 heavy (non-hydrogen) atoms. The van der Waals surface area contributed by atoms with Gasteiger partial charge in [0.05, 0.1) is 6.54 Å². The molecule has 3 nitrogen and oxygen atoms in total. The number of benzene rings is 1. The standard InChI is InChI=1S/C12H11N3/c1-2-4-11(5-3-1)10-15-9-8-14-7-6-13-12(14)15/h1-9H,10H2. The van der Waals surface area contributed by atoms with Gasteiger partial charge >= 0.3 is 0 Å². The molecule has 0 amide bonds. The van der Waals surface area contributed by atoms with Gasteiger partial charge in [-0.25, -0.2) is 4.98 Å². The monoisotopic (exact) mass is 197 g/mol. The van der Waals surface area contributed by atoms with Gasteiger partial charge in [-0.05, 0) is 5.56 Å². The number of fused-ring (bicyclic) bond motifs is 1. The van der Waals surface area contributed by atoms with Crippen molar-refractivity contribution in [2.45, 2.75) is 6.54 Å². The van der Waals surface area contributed by atoms with Gasteiger partial charge in [-0.2, -0.15) is 0 Å². The van der Waals surface area contributed by atoms with Crippen LogP contribution in [-0.2, 0) is 6.54 Å². The Morgan fingerprint density at radius 2 is 1.87 bits per heavy atom. The first-order valence-electron chi connectivity index (χ1n) is 4.95. The van der Waals surface area contributed by atoms with Crippen LogP contribution >= 0.6 is 0 Å². The van der Waals surface area contributed by atoms with E-state index in [1.54, 1.807) is 0 Å². The van der Waals surface area contributed by atoms with Crippen molar-refractivity contribution in [1.82, 2.24) is 14.0 Å². The number of rotatable bonds is 2. The van der Waals surface area contributed by atoms with Crippen LogP contribution in [0.4, 0.5) is 0 Å². The van der Waals surface area contributed by atoms with E-state index < -0.39 is 0 Å². The van der Waals surface area contributed by atoms with Gasteiger partial charge in [-0.1, -0.05) is 30.3 Å². The van der Waals surface area contributed by atoms with E-state index in [2.05, 4.69) is 40.0 Å². The number of nitrogens with zero attached hydrogens (tertiary/aromatic N) is 3. The molecule has 3 rings (SSSR count). The summed E-state index contributed by atoms with van der Waals surface area (Å²) in [6.45, 7) is 0.869. The van der Waals surface area contributed by atoms with Crippen LogP contribution in [0.5, 0.6) is 0 Å². The van der Waals surface area contributed by atoms with E-state index in [1.807, 2.05) is 29.1 Å². The van der Waals surface area contributed by atoms with Crippen molar-refractivity contribution in [3.05, 3.63) is 60.7 Å². The van der Waals surface area contributed by atoms with Gasteiger partial charge in [0.2, 0.25) is 5.78 Å². The van der Waals surface area contributed by atoms with Crippen molar-refractivity contribution in [2.75, 3.05) is 0 Å². The summed E-state index contributed by atoms with van der Waals surface area (Å²) >= 11 is 0. The predicted molar refractivity (Wildman–Crippen MR) is 58.7 cm³/mol. The van der Waals surface area contributed by atoms with Crippen LogP contribution in [0.2, 0.25) is 0 Å². The quantitative estimate of drug-likeness (QED) is 0.617. The molecule has 0 saturated heterocycles. The maximum absolute atomic E-state index is 4.30. The summed E-state index contributed by atoms with van der Waals surface area (Å²) in [7, 11) is 0. The SMILES string of the molecule is c1ccc(Cn2ccn3ccnc23)cc1. The Balaban J connectivity index is 1.99. The summed E-state index contributed by atoms with van der Waals surface area (Å²) in [6, 6.07) is 10.4. The van der Waals surface area contributed by atoms with Gasteiger partial charge in [-0.15, -0.1) is 0 Å². The maximum atomic E-state index is 4.30. The number of imidazole rings is 2. The minimum atomic E-state index is 0.869. The summed E-state index contributed by atoms with van der Waals surface area (Å²) in [4.78, 5) is 4.30. The molecule has 0 aliphatic carbocycles. The van der Waals surface area contributed by atoms with Gasteiger partial charge < -0.3 is 4.57 Å². The van der Waals surface area contributed by atoms with Crippen LogP contribution in [0.1, 0.15) is 5.56 Å². The van der Waals surface area contributed by atoms with Crippen LogP contribution in [0.3, 0.4) is 0 Å². The largest absolute Gasteiger partial charge is 0.312 e. The van der Waals surface area contributed by atoms with Crippen LogP contribution in [0, 0.1) is 0 Å². The Morgan fingerprint density at radius 3 is 2.73 bits per heavy atom. The summed E-state index contributed by atoms with van der Waals surface area (Å²) in [5, 5.41) is 0. The first-order chi connectivity index (χ1) is 7.43. The molecule has 0 atom stereocenters. The zero-order valence-electron chi connectivity index (χ0n) is 8.24. The number of hydrogen-bond donors (Lipinski definition) is 0. The van der Waals surface area contributed by atoms with Gasteiger partial charge in [-0.3, -0.25) is 4.40 Å². The highest BCUT2D eigenvalue weighted by molar-refractivity contribution is 5.31. The first-order valence-corrected chi connectivity index (χ1v) is 4.95. The minimum Gasteiger partial charge on any atom is -0.312 e. The molecule has 0 saturated carbocycles. The molecular weight excluding hydrogens is 186 g/mol. The molecule has 3 heteroatoms. The molecule has 0 aliphatic heterocycles. The van der Waals surface area contributed by atoms with Gasteiger partial charge in [0.15, 0.2) is 0 Å². The zero-order chi connectivity index (χ0) is 10.1. The Bertz CT molecular complexity index is 563. The van der Waals surface area contributed by atoms with Crippen molar-refractivity contribution in [2.24, 2.45) is 0 Å². The lowest BCUT2D eigenvalue weighted by atomic mass is 10.2. The highest BCUT2D eigenvalue weighted by atomic mass is 15.2. The molecule has 0 unspecified atom stereocenters. The van der Waals surface area contributed by atoms with Crippen molar-refractivity contribution in [3.63, 3.8) is 0 Å². The third-order valence-corrected chi connectivity index (χ3v) is 2.51. The average Bonchev–Trinajstić information content (AvgIpc) is 2.85. The smallest absolute Gasteiger partial charge is 0.214 e. The fraction of sp³-hybridized carbons (Fsp3) is 0.0833. The molecular formula is C12H11N3. The highest BCUT2D eigenvalue weighted by Gasteiger charge is 2.01. The van der Waals surface area contributed by atoms with Crippen molar-refractivity contribution < 1.29 is 0 Å². The van der Waals surface area contributed by atoms with Gasteiger partial charge in [0, 0.05) is 24.8 Å². The third kappa shape index (κ3) is 1.42. The lowest BCUT2D eigenvalue weighted by molar-refractivity contribution is 0.819. The molecule has 2 aromatic heterocycles. The molecule has 0 spiro atoms. The highest BCUT2D eigenvalue weighted by Crippen LogP contribution is 2.07. The second kappa shape index (κ2) is 3.28. The number of hydrogen-bond acceptors (Lipinski definition) is 1. The lowest BCUT2D eigenvalue weighted by Gasteiger charge is -2.02. The predicted octanol–water partition coefficient (Wildman–Crippen LogP) is 2.18. The van der Waals surface area contributed by atoms with Crippen LogP contribution in [0.15, 0.2) is 55.1 Å². The summed E-state index contributed by atoms with van der Waals surface area (Å²) < 4.78 is 4.15. The normalized spacial score (nSPS) is 10.9. The van der Waals surface area contributed by atoms with E-state index in [-0.39, 0.29) is 0 Å². The van der Waals surface area contributed by atoms with Crippen molar-refractivity contribution >= 4 is 5.78 Å². The molecule has 0 N–H and O–H groups in total. The third-order valence-electron chi connectivity index (χ3n) is 2.51. The second-order valence-corrected chi connectivity index (χ2v) is 3.55. The Hall–Kier alpha value is -2.03. The first kappa shape index (κ1) is 8.29. The summed E-state index contributed by atoms with van der Waals surface area (Å²) in [5.41, 5.74) is 1.29. The van der Waals surface area contributed by atoms with E-state index >= 15 is 0 Å². The molecule has 1 aromatic carbocycles. The number of aromatic nitrogens is 3. The van der Waals surface area contributed by atoms with Crippen molar-refractivity contribution in [3.8, 4) is 0 Å². The Morgan fingerprint density at radius 1 is 1.00 bits per heavy atom. The van der Waals surface area contributed by atoms with Gasteiger partial charge in [0.1, 0.15) is 0 Å². The van der Waals surface area contributed by atoms with E-state index in [9.17, 15) is 0 Å². The van der Waals surface area contributed by atoms with Crippen LogP contribution in [0.25, 0.3) is 5.78 Å². The molecule has 74 valence electrons. The molecule has 0 radical (unpaired) electrons. The average molecular weight is 197 g/mol. The molecule has 0 bridgehead atoms. The van der Waals surface area contributed by atoms with E-state index in [4.69, 9.17) is 0 Å². The Labute approximate surface area is 87.6 Å². The second-order valence-electron chi connectivity index (χ2n) is 3.55. The fourth-order valence-electron chi connectivity index (χ4n) is 1.77. The Kier molecular flexibility index (Phi) is 1.81. The summed E-state index contributed by atoms with van der Waals surface area (Å²) in [5.74, 6) is 0.985. The maximum Gasteiger partial charge on any atom is 0.214 e. The van der Waals surface area contributed by atoms with Crippen molar-refractivity contribution in [1.29, 1.82) is 0 Å². The van der Waals surface area contributed by atoms with Gasteiger partial charge in [0.25, 0.3) is 0 Å². The zero-order valence-corrected chi connectivity index (χ0v) is 8.24. The molecule has 2 heterocycles. The van der Waals surface area contributed by atoms with E-state index in [1.165, 1.54) is 5.56 Å². The molecule has 0 fully saturated rings. The topological polar surface area (TPSA) is 22.2 Å². The van der Waals surface area contributed by atoms with E-state index in [0.717, 1.165) is 12.3 Å². The molecule has 0 aliphatic rings. The minimum absolute atomic E-state index is 0.869. The van der Waals surface area contributed by atoms with E-state index in [0.29, 0.717) is 0 Å². The van der Waals surface area contributed by atoms with Crippen LogP contribution < -0.4 is 0 Å². The summed E-state index contributed by atoms with van der Waals surface area (Å²) in [6.07, 6.45) is 7.84. The fourth-order valence-corrected chi connectivity index (χ4v) is 1.77.